The lowest BCUT2D eigenvalue weighted by Gasteiger charge is -2.14. The molecule has 1 N–H and O–H groups in total. The molecular weight excluding hydrogens is 174 g/mol. The third-order valence-corrected chi connectivity index (χ3v) is 2.38. The van der Waals surface area contributed by atoms with Crippen LogP contribution >= 0.6 is 12.6 Å². The molecule has 1 fully saturated rings. The molecule has 3 nitrogen and oxygen atoms in total. The molecule has 0 aliphatic carbocycles. The monoisotopic (exact) mass is 189 g/mol. The second kappa shape index (κ2) is 4.72. The van der Waals surface area contributed by atoms with Gasteiger partial charge in [0.15, 0.2) is 0 Å². The average Bonchev–Trinajstić information content (AvgIpc) is 2.31. The summed E-state index contributed by atoms with van der Waals surface area (Å²) in [7, 11) is 0. The van der Waals surface area contributed by atoms with Gasteiger partial charge in [0, 0.05) is 31.4 Å². The number of likely N-dealkylation sites (tertiary alicyclic amines) is 1. The van der Waals surface area contributed by atoms with Gasteiger partial charge in [-0.2, -0.15) is 12.6 Å². The summed E-state index contributed by atoms with van der Waals surface area (Å²) in [5, 5.41) is 8.75. The van der Waals surface area contributed by atoms with Gasteiger partial charge in [-0.3, -0.25) is 4.79 Å². The Morgan fingerprint density at radius 1 is 1.58 bits per heavy atom. The van der Waals surface area contributed by atoms with E-state index < -0.39 is 0 Å². The van der Waals surface area contributed by atoms with Crippen molar-refractivity contribution >= 4 is 18.5 Å². The van der Waals surface area contributed by atoms with Crippen LogP contribution in [0.4, 0.5) is 0 Å². The number of hydrogen-bond donors (Lipinski definition) is 2. The lowest BCUT2D eigenvalue weighted by atomic mass is 10.3. The Balaban J connectivity index is 2.19. The van der Waals surface area contributed by atoms with Gasteiger partial charge in [-0.1, -0.05) is 0 Å². The first-order chi connectivity index (χ1) is 5.74. The van der Waals surface area contributed by atoms with Gasteiger partial charge in [-0.05, 0) is 12.8 Å². The van der Waals surface area contributed by atoms with Crippen molar-refractivity contribution in [3.63, 3.8) is 0 Å². The molecular formula is C8H15NO2S. The Morgan fingerprint density at radius 2 is 2.33 bits per heavy atom. The quantitative estimate of drug-likeness (QED) is 0.493. The lowest BCUT2D eigenvalue weighted by molar-refractivity contribution is -0.127. The van der Waals surface area contributed by atoms with Crippen LogP contribution in [0.3, 0.4) is 0 Å². The normalized spacial score (nSPS) is 23.7. The van der Waals surface area contributed by atoms with Crippen LogP contribution in [0.2, 0.25) is 0 Å². The number of unbranched alkanes of at least 4 members (excludes halogenated alkanes) is 1. The number of carbonyl (C=O) groups excluding carboxylic acids is 1. The third kappa shape index (κ3) is 2.68. The van der Waals surface area contributed by atoms with E-state index in [0.717, 1.165) is 25.9 Å². The summed E-state index contributed by atoms with van der Waals surface area (Å²) in [4.78, 5) is 13.0. The first-order valence-corrected chi connectivity index (χ1v) is 4.82. The average molecular weight is 189 g/mol. The molecule has 1 saturated heterocycles. The number of amides is 1. The predicted octanol–water partition coefficient (Wildman–Crippen LogP) is 0.290. The molecule has 1 amide bonds. The first-order valence-electron chi connectivity index (χ1n) is 4.30. The Bertz CT molecular complexity index is 163. The van der Waals surface area contributed by atoms with E-state index in [1.54, 1.807) is 0 Å². The number of rotatable bonds is 4. The van der Waals surface area contributed by atoms with Crippen LogP contribution in [0, 0.1) is 0 Å². The molecule has 0 aromatic carbocycles. The van der Waals surface area contributed by atoms with Crippen molar-refractivity contribution in [3.05, 3.63) is 0 Å². The Hall–Kier alpha value is -0.220. The van der Waals surface area contributed by atoms with Crippen molar-refractivity contribution in [2.75, 3.05) is 19.7 Å². The molecule has 0 radical (unpaired) electrons. The second-order valence-corrected chi connectivity index (χ2v) is 3.86. The molecule has 1 atom stereocenters. The maximum Gasteiger partial charge on any atom is 0.223 e. The van der Waals surface area contributed by atoms with E-state index in [-0.39, 0.29) is 17.8 Å². The van der Waals surface area contributed by atoms with Crippen LogP contribution in [-0.2, 0) is 4.79 Å². The van der Waals surface area contributed by atoms with Gasteiger partial charge >= 0.3 is 0 Å². The number of thiol groups is 1. The van der Waals surface area contributed by atoms with Crippen LogP contribution in [0.15, 0.2) is 0 Å². The fraction of sp³-hybridized carbons (Fsp3) is 0.875. The molecule has 1 unspecified atom stereocenters. The minimum Gasteiger partial charge on any atom is -0.396 e. The Kier molecular flexibility index (Phi) is 3.88. The predicted molar refractivity (Wildman–Crippen MR) is 50.3 cm³/mol. The minimum atomic E-state index is 0.202. The van der Waals surface area contributed by atoms with Crippen molar-refractivity contribution in [3.8, 4) is 0 Å². The van der Waals surface area contributed by atoms with Crippen molar-refractivity contribution in [1.82, 2.24) is 4.90 Å². The highest BCUT2D eigenvalue weighted by atomic mass is 32.1. The summed E-state index contributed by atoms with van der Waals surface area (Å²) in [6, 6.07) is 0. The molecule has 1 aliphatic rings. The van der Waals surface area contributed by atoms with Gasteiger partial charge in [0.1, 0.15) is 0 Å². The Morgan fingerprint density at radius 3 is 2.83 bits per heavy atom. The summed E-state index contributed by atoms with van der Waals surface area (Å²) >= 11 is 4.24. The highest BCUT2D eigenvalue weighted by Crippen LogP contribution is 2.15. The molecule has 12 heavy (non-hydrogen) atoms. The highest BCUT2D eigenvalue weighted by molar-refractivity contribution is 7.81. The molecule has 0 bridgehead atoms. The van der Waals surface area contributed by atoms with Crippen molar-refractivity contribution in [2.45, 2.75) is 24.5 Å². The molecule has 70 valence electrons. The largest absolute Gasteiger partial charge is 0.396 e. The molecule has 0 saturated carbocycles. The number of nitrogens with zero attached hydrogens (tertiary/aromatic N) is 1. The zero-order valence-corrected chi connectivity index (χ0v) is 7.96. The fourth-order valence-corrected chi connectivity index (χ4v) is 1.74. The summed E-state index contributed by atoms with van der Waals surface area (Å²) in [5.74, 6) is 0.202. The molecule has 1 rings (SSSR count). The summed E-state index contributed by atoms with van der Waals surface area (Å²) in [6.07, 6.45) is 2.24. The maximum absolute atomic E-state index is 11.2. The van der Waals surface area contributed by atoms with Crippen molar-refractivity contribution in [2.24, 2.45) is 0 Å². The van der Waals surface area contributed by atoms with Crippen LogP contribution in [-0.4, -0.2) is 40.9 Å². The maximum atomic E-state index is 11.2. The van der Waals surface area contributed by atoms with E-state index in [1.165, 1.54) is 0 Å². The van der Waals surface area contributed by atoms with Gasteiger partial charge in [-0.15, -0.1) is 0 Å². The van der Waals surface area contributed by atoms with E-state index in [4.69, 9.17) is 5.11 Å². The molecule has 1 aliphatic heterocycles. The molecule has 0 aromatic rings. The molecule has 0 aromatic heterocycles. The van der Waals surface area contributed by atoms with Crippen LogP contribution in [0.5, 0.6) is 0 Å². The summed E-state index contributed by atoms with van der Waals surface area (Å²) < 4.78 is 0. The summed E-state index contributed by atoms with van der Waals surface area (Å²) in [6.45, 7) is 1.76. The van der Waals surface area contributed by atoms with Crippen molar-refractivity contribution in [1.29, 1.82) is 0 Å². The fourth-order valence-electron chi connectivity index (χ4n) is 1.38. The molecule has 1 heterocycles. The third-order valence-electron chi connectivity index (χ3n) is 2.03. The lowest BCUT2D eigenvalue weighted by Crippen LogP contribution is -2.26. The van der Waals surface area contributed by atoms with Crippen LogP contribution < -0.4 is 0 Å². The SMILES string of the molecule is O=C1CC(S)CN1CCCCO. The van der Waals surface area contributed by atoms with E-state index in [1.807, 2.05) is 4.90 Å². The number of aliphatic hydroxyl groups excluding tert-OH is 1. The standard InChI is InChI=1S/C8H15NO2S/c10-4-2-1-3-9-6-7(12)5-8(9)11/h7,10,12H,1-6H2. The molecule has 4 heteroatoms. The smallest absolute Gasteiger partial charge is 0.223 e. The first kappa shape index (κ1) is 9.86. The zero-order valence-electron chi connectivity index (χ0n) is 7.07. The van der Waals surface area contributed by atoms with E-state index >= 15 is 0 Å². The van der Waals surface area contributed by atoms with Gasteiger partial charge in [0.05, 0.1) is 0 Å². The number of aliphatic hydroxyl groups is 1. The van der Waals surface area contributed by atoms with E-state index in [2.05, 4.69) is 12.6 Å². The minimum absolute atomic E-state index is 0.202. The highest BCUT2D eigenvalue weighted by Gasteiger charge is 2.25. The number of hydrogen-bond acceptors (Lipinski definition) is 3. The Labute approximate surface area is 78.2 Å². The van der Waals surface area contributed by atoms with E-state index in [9.17, 15) is 4.79 Å². The second-order valence-electron chi connectivity index (χ2n) is 3.13. The van der Waals surface area contributed by atoms with Gasteiger partial charge in [0.25, 0.3) is 0 Å². The zero-order chi connectivity index (χ0) is 8.97. The topological polar surface area (TPSA) is 40.5 Å². The summed E-state index contributed by atoms with van der Waals surface area (Å²) in [5.41, 5.74) is 0. The van der Waals surface area contributed by atoms with Crippen LogP contribution in [0.25, 0.3) is 0 Å². The van der Waals surface area contributed by atoms with Crippen molar-refractivity contribution < 1.29 is 9.90 Å². The van der Waals surface area contributed by atoms with Gasteiger partial charge in [0.2, 0.25) is 5.91 Å². The van der Waals surface area contributed by atoms with Gasteiger partial charge < -0.3 is 10.0 Å². The van der Waals surface area contributed by atoms with Crippen LogP contribution in [0.1, 0.15) is 19.3 Å². The number of carbonyl (C=O) groups is 1. The van der Waals surface area contributed by atoms with Gasteiger partial charge in [-0.25, -0.2) is 0 Å². The van der Waals surface area contributed by atoms with E-state index in [0.29, 0.717) is 6.42 Å². The molecule has 0 spiro atoms.